The van der Waals surface area contributed by atoms with Crippen molar-refractivity contribution in [1.29, 1.82) is 0 Å². The Hall–Kier alpha value is -1.32. The fourth-order valence-electron chi connectivity index (χ4n) is 4.27. The molecule has 3 heteroatoms. The number of rotatable bonds is 3. The van der Waals surface area contributed by atoms with Gasteiger partial charge in [-0.3, -0.25) is 0 Å². The molecule has 0 amide bonds. The van der Waals surface area contributed by atoms with E-state index in [1.165, 1.54) is 18.4 Å². The normalized spacial score (nSPS) is 30.3. The first-order valence-electron chi connectivity index (χ1n) is 8.38. The van der Waals surface area contributed by atoms with Gasteiger partial charge in [0.1, 0.15) is 11.4 Å². The quantitative estimate of drug-likeness (QED) is 0.754. The van der Waals surface area contributed by atoms with Gasteiger partial charge in [0.2, 0.25) is 0 Å². The first-order valence-corrected chi connectivity index (χ1v) is 9.18. The number of hydrogen-bond acceptors (Lipinski definition) is 2. The van der Waals surface area contributed by atoms with Crippen LogP contribution in [0.25, 0.3) is 0 Å². The zero-order chi connectivity index (χ0) is 15.9. The van der Waals surface area contributed by atoms with Gasteiger partial charge in [-0.2, -0.15) is 0 Å². The SMILES string of the molecule is CN1C2CCC1CC(Oc1ccc(Br)cc1)(c1ccccc1)C2. The molecule has 2 bridgehead atoms. The van der Waals surface area contributed by atoms with Gasteiger partial charge < -0.3 is 9.64 Å². The van der Waals surface area contributed by atoms with Crippen molar-refractivity contribution < 1.29 is 4.74 Å². The van der Waals surface area contributed by atoms with E-state index in [0.29, 0.717) is 12.1 Å². The molecule has 2 saturated heterocycles. The lowest BCUT2D eigenvalue weighted by Crippen LogP contribution is -2.50. The molecule has 2 fully saturated rings. The Morgan fingerprint density at radius 3 is 2.17 bits per heavy atom. The Bertz CT molecular complexity index is 656. The van der Waals surface area contributed by atoms with E-state index in [9.17, 15) is 0 Å². The van der Waals surface area contributed by atoms with E-state index in [1.54, 1.807) is 0 Å². The van der Waals surface area contributed by atoms with Crippen LogP contribution in [-0.4, -0.2) is 24.0 Å². The van der Waals surface area contributed by atoms with Crippen LogP contribution in [0.3, 0.4) is 0 Å². The fraction of sp³-hybridized carbons (Fsp3) is 0.400. The molecule has 2 aromatic rings. The summed E-state index contributed by atoms with van der Waals surface area (Å²) in [7, 11) is 2.27. The Labute approximate surface area is 146 Å². The zero-order valence-electron chi connectivity index (χ0n) is 13.4. The summed E-state index contributed by atoms with van der Waals surface area (Å²) in [5.41, 5.74) is 1.11. The first kappa shape index (κ1) is 15.2. The average molecular weight is 372 g/mol. The van der Waals surface area contributed by atoms with Crippen molar-refractivity contribution in [3.05, 3.63) is 64.6 Å². The van der Waals surface area contributed by atoms with Gasteiger partial charge in [-0.1, -0.05) is 46.3 Å². The van der Waals surface area contributed by atoms with Crippen molar-refractivity contribution in [2.75, 3.05) is 7.05 Å². The number of nitrogens with zero attached hydrogens (tertiary/aromatic N) is 1. The predicted octanol–water partition coefficient (Wildman–Crippen LogP) is 4.98. The third-order valence-corrected chi connectivity index (χ3v) is 6.07. The van der Waals surface area contributed by atoms with Gasteiger partial charge in [0.15, 0.2) is 0 Å². The Morgan fingerprint density at radius 2 is 1.57 bits per heavy atom. The lowest BCUT2D eigenvalue weighted by atomic mass is 9.80. The molecule has 2 unspecified atom stereocenters. The number of hydrogen-bond donors (Lipinski definition) is 0. The lowest BCUT2D eigenvalue weighted by Gasteiger charge is -2.45. The van der Waals surface area contributed by atoms with Crippen LogP contribution in [0.15, 0.2) is 59.1 Å². The fourth-order valence-corrected chi connectivity index (χ4v) is 4.54. The molecule has 2 atom stereocenters. The molecule has 2 aliphatic heterocycles. The molecule has 4 rings (SSSR count). The van der Waals surface area contributed by atoms with Crippen LogP contribution in [0.1, 0.15) is 31.2 Å². The summed E-state index contributed by atoms with van der Waals surface area (Å²) < 4.78 is 7.75. The highest BCUT2D eigenvalue weighted by Gasteiger charge is 2.49. The van der Waals surface area contributed by atoms with E-state index in [1.807, 2.05) is 0 Å². The zero-order valence-corrected chi connectivity index (χ0v) is 15.0. The number of ether oxygens (including phenoxy) is 1. The van der Waals surface area contributed by atoms with Gasteiger partial charge in [0, 0.05) is 29.4 Å². The molecular formula is C20H22BrNO. The van der Waals surface area contributed by atoms with Crippen LogP contribution in [0.5, 0.6) is 5.75 Å². The topological polar surface area (TPSA) is 12.5 Å². The van der Waals surface area contributed by atoms with Crippen molar-refractivity contribution >= 4 is 15.9 Å². The van der Waals surface area contributed by atoms with Crippen molar-refractivity contribution in [3.63, 3.8) is 0 Å². The maximum absolute atomic E-state index is 6.67. The van der Waals surface area contributed by atoms with Gasteiger partial charge >= 0.3 is 0 Å². The summed E-state index contributed by atoms with van der Waals surface area (Å²) >= 11 is 3.50. The minimum Gasteiger partial charge on any atom is -0.482 e. The molecule has 0 radical (unpaired) electrons. The van der Waals surface area contributed by atoms with Crippen molar-refractivity contribution in [2.24, 2.45) is 0 Å². The highest BCUT2D eigenvalue weighted by atomic mass is 79.9. The van der Waals surface area contributed by atoms with Gasteiger partial charge in [0.25, 0.3) is 0 Å². The van der Waals surface area contributed by atoms with E-state index < -0.39 is 0 Å². The Kier molecular flexibility index (Phi) is 3.94. The number of piperidine rings is 1. The third-order valence-electron chi connectivity index (χ3n) is 5.54. The second-order valence-electron chi connectivity index (χ2n) is 6.88. The molecule has 2 nitrogen and oxygen atoms in total. The predicted molar refractivity (Wildman–Crippen MR) is 96.7 cm³/mol. The summed E-state index contributed by atoms with van der Waals surface area (Å²) in [5.74, 6) is 0.959. The smallest absolute Gasteiger partial charge is 0.137 e. The van der Waals surface area contributed by atoms with Gasteiger partial charge in [-0.25, -0.2) is 0 Å². The summed E-state index contributed by atoms with van der Waals surface area (Å²) in [5, 5.41) is 0. The molecule has 23 heavy (non-hydrogen) atoms. The molecule has 2 heterocycles. The van der Waals surface area contributed by atoms with Crippen molar-refractivity contribution in [3.8, 4) is 5.75 Å². The van der Waals surface area contributed by atoms with Crippen LogP contribution in [0.2, 0.25) is 0 Å². The molecule has 0 aromatic heterocycles. The Morgan fingerprint density at radius 1 is 0.957 bits per heavy atom. The standard InChI is InChI=1S/C20H22BrNO/c1-22-17-9-10-18(22)14-20(13-17,15-5-3-2-4-6-15)23-19-11-7-16(21)8-12-19/h2-8,11-12,17-18H,9-10,13-14H2,1H3. The average Bonchev–Trinajstić information content (AvgIpc) is 2.80. The second-order valence-corrected chi connectivity index (χ2v) is 7.79. The molecular weight excluding hydrogens is 350 g/mol. The van der Waals surface area contributed by atoms with Gasteiger partial charge in [-0.05, 0) is 49.7 Å². The van der Waals surface area contributed by atoms with E-state index in [4.69, 9.17) is 4.74 Å². The number of halogens is 1. The minimum absolute atomic E-state index is 0.201. The maximum Gasteiger partial charge on any atom is 0.137 e. The minimum atomic E-state index is -0.201. The first-order chi connectivity index (χ1) is 11.2. The molecule has 0 spiro atoms. The van der Waals surface area contributed by atoms with Gasteiger partial charge in [-0.15, -0.1) is 0 Å². The number of fused-ring (bicyclic) bond motifs is 2. The summed E-state index contributed by atoms with van der Waals surface area (Å²) in [6.45, 7) is 0. The molecule has 0 N–H and O–H groups in total. The molecule has 2 aliphatic rings. The van der Waals surface area contributed by atoms with E-state index in [-0.39, 0.29) is 5.60 Å². The van der Waals surface area contributed by atoms with E-state index in [0.717, 1.165) is 23.1 Å². The molecule has 2 aromatic carbocycles. The van der Waals surface area contributed by atoms with Crippen LogP contribution >= 0.6 is 15.9 Å². The van der Waals surface area contributed by atoms with E-state index in [2.05, 4.69) is 82.5 Å². The highest BCUT2D eigenvalue weighted by Crippen LogP contribution is 2.47. The third kappa shape index (κ3) is 2.81. The second kappa shape index (κ2) is 5.95. The van der Waals surface area contributed by atoms with Crippen LogP contribution in [-0.2, 0) is 5.60 Å². The lowest BCUT2D eigenvalue weighted by molar-refractivity contribution is -0.0283. The van der Waals surface area contributed by atoms with E-state index >= 15 is 0 Å². The maximum atomic E-state index is 6.67. The van der Waals surface area contributed by atoms with Crippen LogP contribution in [0, 0.1) is 0 Å². The van der Waals surface area contributed by atoms with Crippen molar-refractivity contribution in [1.82, 2.24) is 4.90 Å². The highest BCUT2D eigenvalue weighted by molar-refractivity contribution is 9.10. The van der Waals surface area contributed by atoms with Crippen LogP contribution < -0.4 is 4.74 Å². The summed E-state index contributed by atoms with van der Waals surface area (Å²) in [4.78, 5) is 2.56. The van der Waals surface area contributed by atoms with Crippen molar-refractivity contribution in [2.45, 2.75) is 43.4 Å². The Balaban J connectivity index is 1.71. The largest absolute Gasteiger partial charge is 0.482 e. The monoisotopic (exact) mass is 371 g/mol. The van der Waals surface area contributed by atoms with Gasteiger partial charge in [0.05, 0.1) is 0 Å². The number of benzene rings is 2. The molecule has 0 saturated carbocycles. The molecule has 0 aliphatic carbocycles. The summed E-state index contributed by atoms with van der Waals surface area (Å²) in [6.07, 6.45) is 4.72. The summed E-state index contributed by atoms with van der Waals surface area (Å²) in [6, 6.07) is 20.3. The molecule has 120 valence electrons. The van der Waals surface area contributed by atoms with Crippen LogP contribution in [0.4, 0.5) is 0 Å².